The monoisotopic (exact) mass is 398 g/mol. The first-order chi connectivity index (χ1) is 13.5. The van der Waals surface area contributed by atoms with Gasteiger partial charge in [-0.05, 0) is 35.0 Å². The molecule has 8 nitrogen and oxygen atoms in total. The normalized spacial score (nSPS) is 15.7. The van der Waals surface area contributed by atoms with Crippen LogP contribution in [0.5, 0.6) is 0 Å². The fourth-order valence-corrected chi connectivity index (χ4v) is 4.79. The lowest BCUT2D eigenvalue weighted by Crippen LogP contribution is -2.49. The molecule has 146 valence electrons. The highest BCUT2D eigenvalue weighted by Crippen LogP contribution is 2.20. The fourth-order valence-electron chi connectivity index (χ4n) is 3.28. The van der Waals surface area contributed by atoms with E-state index in [1.807, 2.05) is 66.4 Å². The van der Waals surface area contributed by atoms with Crippen LogP contribution in [-0.4, -0.2) is 59.1 Å². The number of nitrogens with zero attached hydrogens (tertiary/aromatic N) is 6. The van der Waals surface area contributed by atoms with Gasteiger partial charge in [-0.1, -0.05) is 53.1 Å². The molecule has 0 radical (unpaired) electrons. The Morgan fingerprint density at radius 2 is 1.61 bits per heavy atom. The van der Waals surface area contributed by atoms with E-state index >= 15 is 0 Å². The Balaban J connectivity index is 1.45. The number of anilines is 1. The molecule has 4 rings (SSSR count). The molecular weight excluding hydrogens is 376 g/mol. The van der Waals surface area contributed by atoms with Crippen LogP contribution in [0.15, 0.2) is 54.6 Å². The van der Waals surface area contributed by atoms with Crippen molar-refractivity contribution in [3.8, 4) is 5.69 Å². The van der Waals surface area contributed by atoms with Crippen molar-refractivity contribution in [2.45, 2.75) is 12.7 Å². The summed E-state index contributed by atoms with van der Waals surface area (Å²) in [5.41, 5.74) is 2.84. The molecule has 0 unspecified atom stereocenters. The molecule has 28 heavy (non-hydrogen) atoms. The summed E-state index contributed by atoms with van der Waals surface area (Å²) in [6.07, 6.45) is 0. The lowest BCUT2D eigenvalue weighted by atomic mass is 10.2. The van der Waals surface area contributed by atoms with Crippen molar-refractivity contribution in [3.63, 3.8) is 0 Å². The molecule has 0 atom stereocenters. The minimum Gasteiger partial charge on any atom is -0.337 e. The average Bonchev–Trinajstić information content (AvgIpc) is 3.19. The zero-order valence-electron chi connectivity index (χ0n) is 15.6. The van der Waals surface area contributed by atoms with Crippen LogP contribution in [0.2, 0.25) is 0 Å². The molecule has 1 aromatic heterocycles. The zero-order valence-corrected chi connectivity index (χ0v) is 16.5. The number of aromatic nitrogens is 4. The van der Waals surface area contributed by atoms with Crippen molar-refractivity contribution < 1.29 is 8.42 Å². The van der Waals surface area contributed by atoms with Crippen LogP contribution >= 0.6 is 0 Å². The number of rotatable bonds is 5. The topological polar surface area (TPSA) is 84.2 Å². The highest BCUT2D eigenvalue weighted by atomic mass is 32.2. The molecule has 0 N–H and O–H groups in total. The van der Waals surface area contributed by atoms with Crippen LogP contribution in [0.4, 0.5) is 5.95 Å². The molecule has 0 saturated carbocycles. The van der Waals surface area contributed by atoms with Crippen LogP contribution in [0, 0.1) is 6.92 Å². The maximum Gasteiger partial charge on any atom is 0.250 e. The van der Waals surface area contributed by atoms with Crippen LogP contribution < -0.4 is 4.90 Å². The van der Waals surface area contributed by atoms with E-state index in [9.17, 15) is 8.42 Å². The Bertz CT molecular complexity index is 1030. The van der Waals surface area contributed by atoms with E-state index in [4.69, 9.17) is 0 Å². The van der Waals surface area contributed by atoms with Crippen molar-refractivity contribution in [2.75, 3.05) is 31.1 Å². The van der Waals surface area contributed by atoms with E-state index in [-0.39, 0.29) is 5.75 Å². The third-order valence-electron chi connectivity index (χ3n) is 4.84. The summed E-state index contributed by atoms with van der Waals surface area (Å²) < 4.78 is 28.7. The van der Waals surface area contributed by atoms with Gasteiger partial charge in [-0.15, -0.1) is 0 Å². The SMILES string of the molecule is Cc1ccc(-n2nnnc2N2CCN(S(=O)(=O)Cc3ccccc3)CC2)cc1. The maximum absolute atomic E-state index is 12.7. The Kier molecular flexibility index (Phi) is 5.10. The maximum atomic E-state index is 12.7. The summed E-state index contributed by atoms with van der Waals surface area (Å²) in [5.74, 6) is 0.651. The number of benzene rings is 2. The van der Waals surface area contributed by atoms with Crippen LogP contribution in [0.1, 0.15) is 11.1 Å². The van der Waals surface area contributed by atoms with Crippen molar-refractivity contribution in [1.82, 2.24) is 24.5 Å². The Morgan fingerprint density at radius 3 is 2.29 bits per heavy atom. The van der Waals surface area contributed by atoms with Gasteiger partial charge in [0, 0.05) is 26.2 Å². The van der Waals surface area contributed by atoms with Crippen LogP contribution in [0.3, 0.4) is 0 Å². The minimum absolute atomic E-state index is 0.0228. The molecule has 0 spiro atoms. The second kappa shape index (κ2) is 7.69. The van der Waals surface area contributed by atoms with Gasteiger partial charge in [0.1, 0.15) is 0 Å². The van der Waals surface area contributed by atoms with Crippen LogP contribution in [0.25, 0.3) is 5.69 Å². The summed E-state index contributed by atoms with van der Waals surface area (Å²) >= 11 is 0. The van der Waals surface area contributed by atoms with E-state index in [2.05, 4.69) is 15.5 Å². The predicted molar refractivity (Wildman–Crippen MR) is 107 cm³/mol. The van der Waals surface area contributed by atoms with Gasteiger partial charge in [-0.25, -0.2) is 8.42 Å². The molecule has 0 bridgehead atoms. The van der Waals surface area contributed by atoms with Gasteiger partial charge in [-0.3, -0.25) is 0 Å². The second-order valence-electron chi connectivity index (χ2n) is 6.85. The molecule has 2 aromatic carbocycles. The summed E-state index contributed by atoms with van der Waals surface area (Å²) in [6, 6.07) is 17.2. The van der Waals surface area contributed by atoms with Gasteiger partial charge in [0.2, 0.25) is 16.0 Å². The fraction of sp³-hybridized carbons (Fsp3) is 0.316. The molecular formula is C19H22N6O2S. The first kappa shape index (κ1) is 18.6. The van der Waals surface area contributed by atoms with E-state index in [0.717, 1.165) is 16.8 Å². The van der Waals surface area contributed by atoms with E-state index in [1.165, 1.54) is 0 Å². The first-order valence-electron chi connectivity index (χ1n) is 9.15. The van der Waals surface area contributed by atoms with Gasteiger partial charge >= 0.3 is 0 Å². The van der Waals surface area contributed by atoms with Crippen molar-refractivity contribution in [2.24, 2.45) is 0 Å². The van der Waals surface area contributed by atoms with Gasteiger partial charge < -0.3 is 4.90 Å². The highest BCUT2D eigenvalue weighted by molar-refractivity contribution is 7.88. The first-order valence-corrected chi connectivity index (χ1v) is 10.8. The quantitative estimate of drug-likeness (QED) is 0.649. The standard InChI is InChI=1S/C19H22N6O2S/c1-16-7-9-18(10-8-16)25-19(20-21-22-25)23-11-13-24(14-12-23)28(26,27)15-17-5-3-2-4-6-17/h2-10H,11-15H2,1H3. The number of aryl methyl sites for hydroxylation is 1. The van der Waals surface area contributed by atoms with Gasteiger partial charge in [0.15, 0.2) is 0 Å². The molecule has 0 amide bonds. The summed E-state index contributed by atoms with van der Waals surface area (Å²) in [5, 5.41) is 12.1. The Labute approximate surface area is 164 Å². The zero-order chi connectivity index (χ0) is 19.6. The van der Waals surface area contributed by atoms with Crippen LogP contribution in [-0.2, 0) is 15.8 Å². The summed E-state index contributed by atoms with van der Waals surface area (Å²) in [4.78, 5) is 2.02. The predicted octanol–water partition coefficient (Wildman–Crippen LogP) is 1.62. The molecule has 0 aliphatic carbocycles. The lowest BCUT2D eigenvalue weighted by Gasteiger charge is -2.34. The molecule has 2 heterocycles. The highest BCUT2D eigenvalue weighted by Gasteiger charge is 2.29. The Morgan fingerprint density at radius 1 is 0.929 bits per heavy atom. The molecule has 1 saturated heterocycles. The second-order valence-corrected chi connectivity index (χ2v) is 8.82. The average molecular weight is 398 g/mol. The molecule has 1 aliphatic rings. The molecule has 1 fully saturated rings. The smallest absolute Gasteiger partial charge is 0.250 e. The molecule has 9 heteroatoms. The van der Waals surface area contributed by atoms with E-state index in [0.29, 0.717) is 32.1 Å². The number of sulfonamides is 1. The third kappa shape index (κ3) is 3.90. The van der Waals surface area contributed by atoms with E-state index < -0.39 is 10.0 Å². The number of hydrogen-bond donors (Lipinski definition) is 0. The summed E-state index contributed by atoms with van der Waals surface area (Å²) in [6.45, 7) is 3.94. The molecule has 3 aromatic rings. The lowest BCUT2D eigenvalue weighted by molar-refractivity contribution is 0.381. The van der Waals surface area contributed by atoms with Gasteiger partial charge in [0.05, 0.1) is 11.4 Å². The molecule has 1 aliphatic heterocycles. The third-order valence-corrected chi connectivity index (χ3v) is 6.69. The van der Waals surface area contributed by atoms with Crippen molar-refractivity contribution in [3.05, 3.63) is 65.7 Å². The largest absolute Gasteiger partial charge is 0.337 e. The number of hydrogen-bond acceptors (Lipinski definition) is 6. The van der Waals surface area contributed by atoms with Crippen molar-refractivity contribution >= 4 is 16.0 Å². The number of piperazine rings is 1. The summed E-state index contributed by atoms with van der Waals surface area (Å²) in [7, 11) is -3.35. The minimum atomic E-state index is -3.35. The van der Waals surface area contributed by atoms with Crippen molar-refractivity contribution in [1.29, 1.82) is 0 Å². The van der Waals surface area contributed by atoms with E-state index in [1.54, 1.807) is 8.99 Å². The van der Waals surface area contributed by atoms with Gasteiger partial charge in [-0.2, -0.15) is 8.99 Å². The Hall–Kier alpha value is -2.78. The number of tetrazole rings is 1. The van der Waals surface area contributed by atoms with Gasteiger partial charge in [0.25, 0.3) is 0 Å².